The van der Waals surface area contributed by atoms with Crippen LogP contribution in [-0.4, -0.2) is 45.1 Å². The maximum atomic E-state index is 12.6. The van der Waals surface area contributed by atoms with Crippen molar-refractivity contribution in [3.63, 3.8) is 0 Å². The number of aryl methyl sites for hydroxylation is 2. The second-order valence-electron chi connectivity index (χ2n) is 7.77. The van der Waals surface area contributed by atoms with Crippen molar-refractivity contribution >= 4 is 23.5 Å². The lowest BCUT2D eigenvalue weighted by Gasteiger charge is -2.25. The summed E-state index contributed by atoms with van der Waals surface area (Å²) in [6.07, 6.45) is -0.891. The van der Waals surface area contributed by atoms with Crippen LogP contribution in [0.3, 0.4) is 0 Å². The molecule has 1 aromatic heterocycles. The van der Waals surface area contributed by atoms with Crippen molar-refractivity contribution in [1.82, 2.24) is 14.7 Å². The minimum atomic E-state index is -0.979. The van der Waals surface area contributed by atoms with E-state index >= 15 is 0 Å². The minimum absolute atomic E-state index is 0.0885. The van der Waals surface area contributed by atoms with Gasteiger partial charge in [0.1, 0.15) is 0 Å². The lowest BCUT2D eigenvalue weighted by atomic mass is 10.1. The molecule has 1 saturated heterocycles. The molecule has 1 N–H and O–H groups in total. The van der Waals surface area contributed by atoms with Gasteiger partial charge in [0, 0.05) is 20.0 Å². The van der Waals surface area contributed by atoms with Crippen molar-refractivity contribution in [2.75, 3.05) is 11.9 Å². The zero-order valence-electron chi connectivity index (χ0n) is 18.0. The van der Waals surface area contributed by atoms with Crippen LogP contribution in [0.4, 0.5) is 5.69 Å². The molecule has 8 heteroatoms. The van der Waals surface area contributed by atoms with Gasteiger partial charge in [0.2, 0.25) is 5.91 Å². The number of rotatable bonds is 6. The third kappa shape index (κ3) is 4.37. The third-order valence-corrected chi connectivity index (χ3v) is 5.66. The van der Waals surface area contributed by atoms with E-state index < -0.39 is 23.9 Å². The maximum absolute atomic E-state index is 12.6. The summed E-state index contributed by atoms with van der Waals surface area (Å²) >= 11 is 0. The van der Waals surface area contributed by atoms with Crippen molar-refractivity contribution in [1.29, 1.82) is 0 Å². The van der Waals surface area contributed by atoms with Crippen molar-refractivity contribution in [2.45, 2.75) is 46.3 Å². The fourth-order valence-corrected chi connectivity index (χ4v) is 3.68. The fourth-order valence-electron chi connectivity index (χ4n) is 3.68. The van der Waals surface area contributed by atoms with E-state index in [9.17, 15) is 14.4 Å². The summed E-state index contributed by atoms with van der Waals surface area (Å²) in [4.78, 5) is 39.3. The van der Waals surface area contributed by atoms with E-state index in [1.807, 2.05) is 44.2 Å². The minimum Gasteiger partial charge on any atom is -0.452 e. The summed E-state index contributed by atoms with van der Waals surface area (Å²) in [6, 6.07) is 9.54. The quantitative estimate of drug-likeness (QED) is 0.736. The van der Waals surface area contributed by atoms with Gasteiger partial charge >= 0.3 is 5.97 Å². The van der Waals surface area contributed by atoms with Crippen molar-refractivity contribution in [2.24, 2.45) is 13.0 Å². The van der Waals surface area contributed by atoms with Crippen LogP contribution in [-0.2, 0) is 26.2 Å². The van der Waals surface area contributed by atoms with E-state index in [0.29, 0.717) is 11.4 Å². The number of nitrogens with one attached hydrogen (secondary N) is 1. The number of esters is 1. The zero-order chi connectivity index (χ0) is 22.0. The molecule has 3 rings (SSSR count). The number of carbonyl (C=O) groups excluding carboxylic acids is 3. The molecule has 2 amide bonds. The third-order valence-electron chi connectivity index (χ3n) is 5.66. The largest absolute Gasteiger partial charge is 0.452 e. The fraction of sp³-hybridized carbons (Fsp3) is 0.455. The number of amides is 2. The zero-order valence-corrected chi connectivity index (χ0v) is 18.0. The van der Waals surface area contributed by atoms with E-state index in [4.69, 9.17) is 4.74 Å². The van der Waals surface area contributed by atoms with Gasteiger partial charge in [0.25, 0.3) is 5.91 Å². The molecule has 8 nitrogen and oxygen atoms in total. The van der Waals surface area contributed by atoms with Gasteiger partial charge in [0.05, 0.1) is 29.0 Å². The summed E-state index contributed by atoms with van der Waals surface area (Å²) in [7, 11) is 1.79. The number of aromatic nitrogens is 2. The molecular formula is C22H28N4O4. The van der Waals surface area contributed by atoms with E-state index in [-0.39, 0.29) is 24.9 Å². The highest BCUT2D eigenvalue weighted by atomic mass is 16.5. The van der Waals surface area contributed by atoms with E-state index in [0.717, 1.165) is 11.3 Å². The average Bonchev–Trinajstić information content (AvgIpc) is 3.22. The first-order valence-electron chi connectivity index (χ1n) is 10.0. The van der Waals surface area contributed by atoms with Crippen LogP contribution in [0.5, 0.6) is 0 Å². The molecule has 0 unspecified atom stereocenters. The Morgan fingerprint density at radius 1 is 1.20 bits per heavy atom. The number of hydrogen-bond donors (Lipinski definition) is 1. The summed E-state index contributed by atoms with van der Waals surface area (Å²) in [6.45, 7) is 7.39. The van der Waals surface area contributed by atoms with Gasteiger partial charge in [-0.25, -0.2) is 0 Å². The Morgan fingerprint density at radius 3 is 2.47 bits per heavy atom. The molecule has 1 aliphatic rings. The molecule has 0 spiro atoms. The Kier molecular flexibility index (Phi) is 6.24. The Balaban J connectivity index is 1.59. The molecule has 0 aliphatic carbocycles. The highest BCUT2D eigenvalue weighted by molar-refractivity contribution is 5.96. The maximum Gasteiger partial charge on any atom is 0.312 e. The summed E-state index contributed by atoms with van der Waals surface area (Å²) < 4.78 is 7.05. The topological polar surface area (TPSA) is 93.5 Å². The van der Waals surface area contributed by atoms with Crippen LogP contribution in [0.2, 0.25) is 0 Å². The number of anilines is 1. The van der Waals surface area contributed by atoms with Crippen LogP contribution >= 0.6 is 0 Å². The molecule has 1 aromatic carbocycles. The smallest absolute Gasteiger partial charge is 0.312 e. The number of ether oxygens (including phenoxy) is 1. The first-order valence-corrected chi connectivity index (χ1v) is 10.0. The van der Waals surface area contributed by atoms with Gasteiger partial charge in [-0.15, -0.1) is 0 Å². The lowest BCUT2D eigenvalue weighted by molar-refractivity contribution is -0.157. The van der Waals surface area contributed by atoms with Gasteiger partial charge in [0.15, 0.2) is 6.10 Å². The van der Waals surface area contributed by atoms with Crippen LogP contribution in [0.25, 0.3) is 0 Å². The normalized spacial score (nSPS) is 18.2. The summed E-state index contributed by atoms with van der Waals surface area (Å²) in [5, 5.41) is 7.03. The van der Waals surface area contributed by atoms with E-state index in [2.05, 4.69) is 10.4 Å². The molecule has 1 fully saturated rings. The van der Waals surface area contributed by atoms with Gasteiger partial charge in [-0.1, -0.05) is 30.3 Å². The molecule has 0 radical (unpaired) electrons. The molecular weight excluding hydrogens is 384 g/mol. The number of nitrogens with zero attached hydrogens (tertiary/aromatic N) is 3. The Labute approximate surface area is 176 Å². The van der Waals surface area contributed by atoms with Crippen molar-refractivity contribution < 1.29 is 19.1 Å². The standard InChI is InChI=1S/C22H28N4O4/c1-13-20(15(3)25(5)24-13)23-21(28)16(4)30-22(29)18-11-19(27)26(12-18)14(2)17-9-7-6-8-10-17/h6-10,14,16,18H,11-12H2,1-5H3,(H,23,28)/t14-,16+,18+/m0/s1. The van der Waals surface area contributed by atoms with E-state index in [1.54, 1.807) is 23.6 Å². The first kappa shape index (κ1) is 21.5. The highest BCUT2D eigenvalue weighted by Gasteiger charge is 2.39. The number of benzene rings is 1. The molecule has 0 bridgehead atoms. The Morgan fingerprint density at radius 2 is 1.87 bits per heavy atom. The van der Waals surface area contributed by atoms with Crippen LogP contribution in [0.1, 0.15) is 43.3 Å². The van der Waals surface area contributed by atoms with Gasteiger partial charge in [-0.3, -0.25) is 19.1 Å². The Hall–Kier alpha value is -3.16. The molecule has 160 valence electrons. The van der Waals surface area contributed by atoms with Gasteiger partial charge in [-0.05, 0) is 33.3 Å². The van der Waals surface area contributed by atoms with Gasteiger partial charge in [-0.2, -0.15) is 5.10 Å². The molecule has 0 saturated carbocycles. The number of hydrogen-bond acceptors (Lipinski definition) is 5. The predicted octanol–water partition coefficient (Wildman–Crippen LogP) is 2.52. The number of likely N-dealkylation sites (tertiary alicyclic amines) is 1. The second-order valence-corrected chi connectivity index (χ2v) is 7.77. The summed E-state index contributed by atoms with van der Waals surface area (Å²) in [5.41, 5.74) is 3.12. The highest BCUT2D eigenvalue weighted by Crippen LogP contribution is 2.29. The average molecular weight is 412 g/mol. The van der Waals surface area contributed by atoms with Crippen molar-refractivity contribution in [3.8, 4) is 0 Å². The summed E-state index contributed by atoms with van der Waals surface area (Å²) in [5.74, 6) is -1.64. The molecule has 3 atom stereocenters. The molecule has 2 heterocycles. The molecule has 2 aromatic rings. The monoisotopic (exact) mass is 412 g/mol. The van der Waals surface area contributed by atoms with Crippen molar-refractivity contribution in [3.05, 3.63) is 47.3 Å². The van der Waals surface area contributed by atoms with Gasteiger partial charge < -0.3 is 15.0 Å². The van der Waals surface area contributed by atoms with Crippen LogP contribution in [0.15, 0.2) is 30.3 Å². The number of carbonyl (C=O) groups is 3. The molecule has 30 heavy (non-hydrogen) atoms. The first-order chi connectivity index (χ1) is 14.2. The Bertz CT molecular complexity index is 954. The lowest BCUT2D eigenvalue weighted by Crippen LogP contribution is -2.34. The second kappa shape index (κ2) is 8.69. The van der Waals surface area contributed by atoms with E-state index in [1.165, 1.54) is 6.92 Å². The SMILES string of the molecule is Cc1nn(C)c(C)c1NC(=O)[C@@H](C)OC(=O)[C@@H]1CC(=O)N([C@@H](C)c2ccccc2)C1. The predicted molar refractivity (Wildman–Crippen MR) is 112 cm³/mol. The molecule has 1 aliphatic heterocycles. The van der Waals surface area contributed by atoms with Crippen LogP contribution in [0, 0.1) is 19.8 Å². The van der Waals surface area contributed by atoms with Crippen LogP contribution < -0.4 is 5.32 Å².